The van der Waals surface area contributed by atoms with Crippen LogP contribution >= 0.6 is 31.9 Å². The summed E-state index contributed by atoms with van der Waals surface area (Å²) in [4.78, 5) is 12.0. The Morgan fingerprint density at radius 2 is 1.71 bits per heavy atom. The minimum Gasteiger partial charge on any atom is -0.325 e. The van der Waals surface area contributed by atoms with Crippen LogP contribution in [-0.4, -0.2) is 10.7 Å². The van der Waals surface area contributed by atoms with Crippen LogP contribution in [0.4, 0.5) is 5.69 Å². The number of aryl methyl sites for hydroxylation is 2. The molecule has 2 nitrogen and oxygen atoms in total. The standard InChI is InChI=1S/C17H17Br2NO/c1-11-8-9-12(2)14(10-11)20-17(21)16(19)15(18)13-6-4-3-5-7-13/h3-10,15-16H,1-2H3,(H,20,21)/t15-,16-/m0/s1. The van der Waals surface area contributed by atoms with Crippen LogP contribution < -0.4 is 5.32 Å². The van der Waals surface area contributed by atoms with Gasteiger partial charge in [0.25, 0.3) is 0 Å². The Balaban J connectivity index is 2.11. The Labute approximate surface area is 142 Å². The van der Waals surface area contributed by atoms with E-state index in [4.69, 9.17) is 0 Å². The fourth-order valence-corrected chi connectivity index (χ4v) is 2.98. The van der Waals surface area contributed by atoms with Gasteiger partial charge in [0.05, 0.1) is 4.83 Å². The van der Waals surface area contributed by atoms with Crippen molar-refractivity contribution in [3.8, 4) is 0 Å². The maximum Gasteiger partial charge on any atom is 0.239 e. The summed E-state index contributed by atoms with van der Waals surface area (Å²) in [6, 6.07) is 15.9. The van der Waals surface area contributed by atoms with Crippen LogP contribution in [0.5, 0.6) is 0 Å². The number of rotatable bonds is 4. The van der Waals surface area contributed by atoms with Gasteiger partial charge >= 0.3 is 0 Å². The second-order valence-corrected chi connectivity index (χ2v) is 6.99. The van der Waals surface area contributed by atoms with Gasteiger partial charge < -0.3 is 5.32 Å². The predicted octanol–water partition coefficient (Wildman–Crippen LogP) is 5.14. The average Bonchev–Trinajstić information content (AvgIpc) is 2.50. The molecule has 0 unspecified atom stereocenters. The molecule has 0 saturated heterocycles. The monoisotopic (exact) mass is 409 g/mol. The summed E-state index contributed by atoms with van der Waals surface area (Å²) in [5.74, 6) is -0.0607. The highest BCUT2D eigenvalue weighted by molar-refractivity contribution is 9.12. The molecule has 1 amide bonds. The van der Waals surface area contributed by atoms with Crippen molar-refractivity contribution in [1.29, 1.82) is 0 Å². The Morgan fingerprint density at radius 1 is 1.05 bits per heavy atom. The summed E-state index contributed by atoms with van der Waals surface area (Å²) in [5, 5.41) is 2.99. The van der Waals surface area contributed by atoms with E-state index in [2.05, 4.69) is 37.2 Å². The van der Waals surface area contributed by atoms with Crippen LogP contribution in [0.1, 0.15) is 21.5 Å². The van der Waals surface area contributed by atoms with Gasteiger partial charge in [-0.1, -0.05) is 74.3 Å². The van der Waals surface area contributed by atoms with Gasteiger partial charge in [0.15, 0.2) is 0 Å². The molecule has 0 spiro atoms. The lowest BCUT2D eigenvalue weighted by molar-refractivity contribution is -0.115. The maximum atomic E-state index is 12.4. The van der Waals surface area contributed by atoms with E-state index >= 15 is 0 Å². The molecule has 0 bridgehead atoms. The molecule has 0 radical (unpaired) electrons. The van der Waals surface area contributed by atoms with Crippen molar-refractivity contribution in [2.45, 2.75) is 23.5 Å². The lowest BCUT2D eigenvalue weighted by atomic mass is 10.1. The lowest BCUT2D eigenvalue weighted by Crippen LogP contribution is -2.26. The molecule has 0 heterocycles. The number of amides is 1. The van der Waals surface area contributed by atoms with Gasteiger partial charge in [0.1, 0.15) is 4.83 Å². The summed E-state index contributed by atoms with van der Waals surface area (Å²) >= 11 is 7.08. The number of hydrogen-bond acceptors (Lipinski definition) is 1. The number of carbonyl (C=O) groups is 1. The van der Waals surface area contributed by atoms with Gasteiger partial charge in [-0.15, -0.1) is 0 Å². The van der Waals surface area contributed by atoms with Gasteiger partial charge in [-0.05, 0) is 36.6 Å². The van der Waals surface area contributed by atoms with Gasteiger partial charge in [-0.3, -0.25) is 4.79 Å². The molecule has 0 aliphatic carbocycles. The quantitative estimate of drug-likeness (QED) is 0.694. The first-order valence-electron chi connectivity index (χ1n) is 6.70. The van der Waals surface area contributed by atoms with E-state index in [-0.39, 0.29) is 15.6 Å². The van der Waals surface area contributed by atoms with E-state index < -0.39 is 0 Å². The second kappa shape index (κ2) is 7.23. The van der Waals surface area contributed by atoms with Crippen LogP contribution in [0.25, 0.3) is 0 Å². The second-order valence-electron chi connectivity index (χ2n) is 5.02. The SMILES string of the molecule is Cc1ccc(C)c(NC(=O)[C@@H](Br)[C@@H](Br)c2ccccc2)c1. The Kier molecular flexibility index (Phi) is 5.59. The maximum absolute atomic E-state index is 12.4. The summed E-state index contributed by atoms with van der Waals surface area (Å²) in [5.41, 5.74) is 4.10. The van der Waals surface area contributed by atoms with Crippen LogP contribution in [0.3, 0.4) is 0 Å². The first kappa shape index (κ1) is 16.2. The number of halogens is 2. The van der Waals surface area contributed by atoms with Gasteiger partial charge in [-0.2, -0.15) is 0 Å². The lowest BCUT2D eigenvalue weighted by Gasteiger charge is -2.18. The Morgan fingerprint density at radius 3 is 2.38 bits per heavy atom. The summed E-state index contributed by atoms with van der Waals surface area (Å²) in [7, 11) is 0. The molecule has 0 aliphatic heterocycles. The highest BCUT2D eigenvalue weighted by Crippen LogP contribution is 2.32. The summed E-state index contributed by atoms with van der Waals surface area (Å²) in [6.45, 7) is 4.00. The van der Waals surface area contributed by atoms with E-state index in [0.717, 1.165) is 22.4 Å². The summed E-state index contributed by atoms with van der Waals surface area (Å²) in [6.07, 6.45) is 0. The zero-order valence-electron chi connectivity index (χ0n) is 11.9. The number of carbonyl (C=O) groups excluding carboxylic acids is 1. The molecule has 2 rings (SSSR count). The van der Waals surface area contributed by atoms with Crippen LogP contribution in [0.15, 0.2) is 48.5 Å². The first-order valence-corrected chi connectivity index (χ1v) is 8.53. The number of anilines is 1. The predicted molar refractivity (Wildman–Crippen MR) is 95.4 cm³/mol. The van der Waals surface area contributed by atoms with E-state index in [0.29, 0.717) is 0 Å². The van der Waals surface area contributed by atoms with Crippen molar-refractivity contribution >= 4 is 43.5 Å². The van der Waals surface area contributed by atoms with Crippen molar-refractivity contribution in [2.75, 3.05) is 5.32 Å². The largest absolute Gasteiger partial charge is 0.325 e. The van der Waals surface area contributed by atoms with E-state index in [1.807, 2.05) is 62.4 Å². The Hall–Kier alpha value is -1.13. The van der Waals surface area contributed by atoms with Crippen LogP contribution in [-0.2, 0) is 4.79 Å². The Bertz CT molecular complexity index is 628. The minimum atomic E-state index is -0.347. The number of alkyl halides is 2. The third kappa shape index (κ3) is 4.17. The van der Waals surface area contributed by atoms with E-state index in [1.54, 1.807) is 0 Å². The third-order valence-corrected chi connectivity index (χ3v) is 5.99. The molecular formula is C17H17Br2NO. The molecule has 0 aromatic heterocycles. The van der Waals surface area contributed by atoms with Gasteiger partial charge in [-0.25, -0.2) is 0 Å². The molecule has 4 heteroatoms. The highest BCUT2D eigenvalue weighted by Gasteiger charge is 2.25. The zero-order chi connectivity index (χ0) is 15.4. The van der Waals surface area contributed by atoms with Crippen molar-refractivity contribution in [2.24, 2.45) is 0 Å². The topological polar surface area (TPSA) is 29.1 Å². The number of nitrogens with one attached hydrogen (secondary N) is 1. The highest BCUT2D eigenvalue weighted by atomic mass is 79.9. The molecule has 2 atom stereocenters. The third-order valence-electron chi connectivity index (χ3n) is 3.28. The normalized spacial score (nSPS) is 13.5. The molecule has 2 aromatic rings. The average molecular weight is 411 g/mol. The smallest absolute Gasteiger partial charge is 0.239 e. The number of hydrogen-bond donors (Lipinski definition) is 1. The van der Waals surface area contributed by atoms with E-state index in [9.17, 15) is 4.79 Å². The van der Waals surface area contributed by atoms with Crippen molar-refractivity contribution in [1.82, 2.24) is 0 Å². The molecular weight excluding hydrogens is 394 g/mol. The number of benzene rings is 2. The fraction of sp³-hybridized carbons (Fsp3) is 0.235. The molecule has 1 N–H and O–H groups in total. The van der Waals surface area contributed by atoms with Crippen LogP contribution in [0, 0.1) is 13.8 Å². The van der Waals surface area contributed by atoms with Gasteiger partial charge in [0.2, 0.25) is 5.91 Å². The molecule has 0 fully saturated rings. The zero-order valence-corrected chi connectivity index (χ0v) is 15.1. The van der Waals surface area contributed by atoms with Crippen molar-refractivity contribution < 1.29 is 4.79 Å². The molecule has 0 aliphatic rings. The fourth-order valence-electron chi connectivity index (χ4n) is 2.01. The van der Waals surface area contributed by atoms with Crippen molar-refractivity contribution in [3.63, 3.8) is 0 Å². The minimum absolute atomic E-state index is 0.0607. The van der Waals surface area contributed by atoms with Gasteiger partial charge in [0, 0.05) is 5.69 Å². The molecule has 0 saturated carbocycles. The van der Waals surface area contributed by atoms with E-state index in [1.165, 1.54) is 0 Å². The summed E-state index contributed by atoms with van der Waals surface area (Å²) < 4.78 is 0. The molecule has 21 heavy (non-hydrogen) atoms. The van der Waals surface area contributed by atoms with Crippen LogP contribution in [0.2, 0.25) is 0 Å². The molecule has 110 valence electrons. The molecule has 2 aromatic carbocycles. The van der Waals surface area contributed by atoms with Crippen molar-refractivity contribution in [3.05, 3.63) is 65.2 Å². The first-order chi connectivity index (χ1) is 9.99.